The molecule has 1 heterocycles. The Morgan fingerprint density at radius 3 is 2.95 bits per heavy atom. The lowest BCUT2D eigenvalue weighted by atomic mass is 10.1. The van der Waals surface area contributed by atoms with Crippen LogP contribution in [0.3, 0.4) is 0 Å². The Labute approximate surface area is 129 Å². The van der Waals surface area contributed by atoms with Gasteiger partial charge in [-0.3, -0.25) is 4.79 Å². The third kappa shape index (κ3) is 4.93. The van der Waals surface area contributed by atoms with Gasteiger partial charge in [-0.05, 0) is 30.5 Å². The average Bonchev–Trinajstić information content (AvgIpc) is 2.86. The zero-order valence-corrected chi connectivity index (χ0v) is 12.8. The summed E-state index contributed by atoms with van der Waals surface area (Å²) in [5.74, 6) is -0.0526. The molecule has 0 spiro atoms. The van der Waals surface area contributed by atoms with E-state index in [1.165, 1.54) is 6.92 Å². The maximum absolute atomic E-state index is 12.0. The summed E-state index contributed by atoms with van der Waals surface area (Å²) in [6.07, 6.45) is 1.55. The van der Waals surface area contributed by atoms with Crippen LogP contribution in [0.15, 0.2) is 24.3 Å². The maximum atomic E-state index is 12.0. The van der Waals surface area contributed by atoms with Gasteiger partial charge in [0.15, 0.2) is 0 Å². The molecule has 1 saturated heterocycles. The number of urea groups is 1. The van der Waals surface area contributed by atoms with Crippen molar-refractivity contribution in [2.45, 2.75) is 25.8 Å². The van der Waals surface area contributed by atoms with E-state index in [4.69, 9.17) is 11.6 Å². The number of benzene rings is 1. The summed E-state index contributed by atoms with van der Waals surface area (Å²) in [5, 5.41) is 6.44. The van der Waals surface area contributed by atoms with E-state index in [0.29, 0.717) is 24.7 Å². The SMILES string of the molecule is CC(=O)N[C@@H]1CCN(C(=O)NCCc2cccc(Cl)c2)C1. The molecular weight excluding hydrogens is 290 g/mol. The van der Waals surface area contributed by atoms with Gasteiger partial charge < -0.3 is 15.5 Å². The zero-order valence-electron chi connectivity index (χ0n) is 12.1. The highest BCUT2D eigenvalue weighted by molar-refractivity contribution is 6.30. The Kier molecular flexibility index (Phi) is 5.44. The number of likely N-dealkylation sites (tertiary alicyclic amines) is 1. The molecule has 0 aromatic heterocycles. The average molecular weight is 310 g/mol. The molecule has 114 valence electrons. The molecule has 0 bridgehead atoms. The summed E-state index contributed by atoms with van der Waals surface area (Å²) in [6.45, 7) is 3.31. The predicted molar refractivity (Wildman–Crippen MR) is 82.3 cm³/mol. The molecule has 1 fully saturated rings. The highest BCUT2D eigenvalue weighted by Gasteiger charge is 2.26. The molecule has 0 unspecified atom stereocenters. The zero-order chi connectivity index (χ0) is 15.2. The highest BCUT2D eigenvalue weighted by Crippen LogP contribution is 2.11. The standard InChI is InChI=1S/C15H20ClN3O2/c1-11(20)18-14-6-8-19(10-14)15(21)17-7-5-12-3-2-4-13(16)9-12/h2-4,9,14H,5-8,10H2,1H3,(H,17,21)(H,18,20)/t14-/m1/s1. The van der Waals surface area contributed by atoms with Crippen LogP contribution in [0.1, 0.15) is 18.9 Å². The monoisotopic (exact) mass is 309 g/mol. The fourth-order valence-electron chi connectivity index (χ4n) is 2.47. The van der Waals surface area contributed by atoms with Crippen molar-refractivity contribution < 1.29 is 9.59 Å². The predicted octanol–water partition coefficient (Wildman–Crippen LogP) is 1.80. The summed E-state index contributed by atoms with van der Waals surface area (Å²) in [5.41, 5.74) is 1.10. The Morgan fingerprint density at radius 1 is 1.43 bits per heavy atom. The topological polar surface area (TPSA) is 61.4 Å². The van der Waals surface area contributed by atoms with Crippen molar-refractivity contribution in [2.75, 3.05) is 19.6 Å². The Balaban J connectivity index is 1.72. The van der Waals surface area contributed by atoms with Crippen molar-refractivity contribution in [1.29, 1.82) is 0 Å². The summed E-state index contributed by atoms with van der Waals surface area (Å²) >= 11 is 5.92. The van der Waals surface area contributed by atoms with Gasteiger partial charge in [0.2, 0.25) is 5.91 Å². The first kappa shape index (κ1) is 15.6. The number of halogens is 1. The van der Waals surface area contributed by atoms with Crippen molar-refractivity contribution in [3.63, 3.8) is 0 Å². The first-order valence-corrected chi connectivity index (χ1v) is 7.46. The minimum absolute atomic E-state index is 0.0526. The summed E-state index contributed by atoms with van der Waals surface area (Å²) in [4.78, 5) is 24.7. The van der Waals surface area contributed by atoms with E-state index in [-0.39, 0.29) is 18.0 Å². The Hall–Kier alpha value is -1.75. The van der Waals surface area contributed by atoms with Gasteiger partial charge in [-0.2, -0.15) is 0 Å². The molecule has 0 radical (unpaired) electrons. The second-order valence-corrected chi connectivity index (χ2v) is 5.68. The summed E-state index contributed by atoms with van der Waals surface area (Å²) < 4.78 is 0. The van der Waals surface area contributed by atoms with Crippen molar-refractivity contribution in [3.05, 3.63) is 34.9 Å². The van der Waals surface area contributed by atoms with Gasteiger partial charge in [-0.1, -0.05) is 23.7 Å². The van der Waals surface area contributed by atoms with Gasteiger partial charge in [0.1, 0.15) is 0 Å². The van der Waals surface area contributed by atoms with Crippen LogP contribution in [0.5, 0.6) is 0 Å². The van der Waals surface area contributed by atoms with Crippen LogP contribution in [0, 0.1) is 0 Å². The molecule has 0 saturated carbocycles. The first-order chi connectivity index (χ1) is 10.0. The van der Waals surface area contributed by atoms with Crippen molar-refractivity contribution in [2.24, 2.45) is 0 Å². The number of rotatable bonds is 4. The molecule has 6 heteroatoms. The van der Waals surface area contributed by atoms with Gasteiger partial charge in [-0.25, -0.2) is 4.79 Å². The molecular formula is C15H20ClN3O2. The molecule has 1 aliphatic rings. The molecule has 2 rings (SSSR count). The molecule has 21 heavy (non-hydrogen) atoms. The van der Waals surface area contributed by atoms with Gasteiger partial charge in [-0.15, -0.1) is 0 Å². The number of hydrogen-bond donors (Lipinski definition) is 2. The van der Waals surface area contributed by atoms with Crippen LogP contribution in [-0.2, 0) is 11.2 Å². The maximum Gasteiger partial charge on any atom is 0.317 e. The Bertz CT molecular complexity index is 521. The van der Waals surface area contributed by atoms with E-state index in [1.54, 1.807) is 4.90 Å². The van der Waals surface area contributed by atoms with Gasteiger partial charge in [0, 0.05) is 37.6 Å². The minimum Gasteiger partial charge on any atom is -0.352 e. The number of hydrogen-bond acceptors (Lipinski definition) is 2. The summed E-state index contributed by atoms with van der Waals surface area (Å²) in [7, 11) is 0. The Morgan fingerprint density at radius 2 is 2.24 bits per heavy atom. The van der Waals surface area contributed by atoms with Gasteiger partial charge >= 0.3 is 6.03 Å². The van der Waals surface area contributed by atoms with Crippen molar-refractivity contribution >= 4 is 23.5 Å². The molecule has 1 atom stereocenters. The molecule has 1 aromatic rings. The van der Waals surface area contributed by atoms with Crippen molar-refractivity contribution in [1.82, 2.24) is 15.5 Å². The second-order valence-electron chi connectivity index (χ2n) is 5.24. The quantitative estimate of drug-likeness (QED) is 0.891. The van der Waals surface area contributed by atoms with E-state index in [2.05, 4.69) is 10.6 Å². The van der Waals surface area contributed by atoms with E-state index in [1.807, 2.05) is 24.3 Å². The molecule has 1 aromatic carbocycles. The number of nitrogens with zero attached hydrogens (tertiary/aromatic N) is 1. The fourth-order valence-corrected chi connectivity index (χ4v) is 2.68. The molecule has 1 aliphatic heterocycles. The number of nitrogens with one attached hydrogen (secondary N) is 2. The van der Waals surface area contributed by atoms with Crippen molar-refractivity contribution in [3.8, 4) is 0 Å². The number of carbonyl (C=O) groups excluding carboxylic acids is 2. The fraction of sp³-hybridized carbons (Fsp3) is 0.467. The van der Waals surface area contributed by atoms with Gasteiger partial charge in [0.05, 0.1) is 0 Å². The van der Waals surface area contributed by atoms with Crippen LogP contribution in [0.25, 0.3) is 0 Å². The van der Waals surface area contributed by atoms with Gasteiger partial charge in [0.25, 0.3) is 0 Å². The minimum atomic E-state index is -0.0788. The highest BCUT2D eigenvalue weighted by atomic mass is 35.5. The van der Waals surface area contributed by atoms with Crippen LogP contribution in [-0.4, -0.2) is 42.5 Å². The third-order valence-electron chi connectivity index (χ3n) is 3.46. The lowest BCUT2D eigenvalue weighted by Crippen LogP contribution is -2.42. The normalized spacial score (nSPS) is 17.6. The first-order valence-electron chi connectivity index (χ1n) is 7.09. The number of amides is 3. The summed E-state index contributed by atoms with van der Waals surface area (Å²) in [6, 6.07) is 7.61. The van der Waals surface area contributed by atoms with E-state index in [0.717, 1.165) is 18.4 Å². The number of carbonyl (C=O) groups is 2. The smallest absolute Gasteiger partial charge is 0.317 e. The molecule has 2 N–H and O–H groups in total. The van der Waals surface area contributed by atoms with E-state index < -0.39 is 0 Å². The van der Waals surface area contributed by atoms with E-state index >= 15 is 0 Å². The molecule has 3 amide bonds. The largest absolute Gasteiger partial charge is 0.352 e. The molecule has 0 aliphatic carbocycles. The molecule has 5 nitrogen and oxygen atoms in total. The van der Waals surface area contributed by atoms with Crippen LogP contribution in [0.2, 0.25) is 5.02 Å². The lowest BCUT2D eigenvalue weighted by Gasteiger charge is -2.17. The van der Waals surface area contributed by atoms with Crippen LogP contribution >= 0.6 is 11.6 Å². The van der Waals surface area contributed by atoms with Crippen LogP contribution in [0.4, 0.5) is 4.79 Å². The lowest BCUT2D eigenvalue weighted by molar-refractivity contribution is -0.119. The second kappa shape index (κ2) is 7.31. The third-order valence-corrected chi connectivity index (χ3v) is 3.70. The van der Waals surface area contributed by atoms with E-state index in [9.17, 15) is 9.59 Å². The van der Waals surface area contributed by atoms with Crippen LogP contribution < -0.4 is 10.6 Å².